The van der Waals surface area contributed by atoms with Gasteiger partial charge >= 0.3 is 0 Å². The molecule has 9 nitrogen and oxygen atoms in total. The van der Waals surface area contributed by atoms with Crippen LogP contribution in [0.4, 0.5) is 0 Å². The van der Waals surface area contributed by atoms with Crippen LogP contribution in [0, 0.1) is 5.92 Å². The lowest BCUT2D eigenvalue weighted by molar-refractivity contribution is 0.0891. The number of amides is 1. The average molecular weight is 502 g/mol. The van der Waals surface area contributed by atoms with Gasteiger partial charge in [-0.3, -0.25) is 9.69 Å². The summed E-state index contributed by atoms with van der Waals surface area (Å²) in [7, 11) is -3.57. The molecule has 0 bridgehead atoms. The first-order valence-electron chi connectivity index (χ1n) is 12.7. The lowest BCUT2D eigenvalue weighted by Gasteiger charge is -2.38. The van der Waals surface area contributed by atoms with Crippen LogP contribution in [0.5, 0.6) is 0 Å². The van der Waals surface area contributed by atoms with Gasteiger partial charge in [-0.05, 0) is 43.6 Å². The molecule has 1 aliphatic carbocycles. The molecule has 2 N–H and O–H groups in total. The van der Waals surface area contributed by atoms with Crippen LogP contribution in [0.2, 0.25) is 0 Å². The van der Waals surface area contributed by atoms with Crippen LogP contribution in [0.3, 0.4) is 0 Å². The molecule has 0 spiro atoms. The Balaban J connectivity index is 1.08. The smallest absolute Gasteiger partial charge is 0.279 e. The lowest BCUT2D eigenvalue weighted by atomic mass is 9.95. The van der Waals surface area contributed by atoms with Crippen molar-refractivity contribution in [2.75, 3.05) is 26.2 Å². The van der Waals surface area contributed by atoms with Crippen LogP contribution in [-0.4, -0.2) is 66.9 Å². The summed E-state index contributed by atoms with van der Waals surface area (Å²) in [5, 5.41) is 6.94. The van der Waals surface area contributed by atoms with Gasteiger partial charge in [0.2, 0.25) is 0 Å². The molecule has 3 fully saturated rings. The molecular formula is C25H35N5O4S. The van der Waals surface area contributed by atoms with Crippen LogP contribution in [0.15, 0.2) is 40.9 Å². The minimum Gasteiger partial charge on any atom is -0.360 e. The Kier molecular flexibility index (Phi) is 7.24. The van der Waals surface area contributed by atoms with Crippen molar-refractivity contribution in [2.45, 2.75) is 63.6 Å². The van der Waals surface area contributed by atoms with E-state index < -0.39 is 10.2 Å². The molecule has 3 heterocycles. The van der Waals surface area contributed by atoms with E-state index in [0.717, 1.165) is 51.1 Å². The van der Waals surface area contributed by atoms with E-state index in [0.29, 0.717) is 31.1 Å². The minimum absolute atomic E-state index is 0.00759. The number of carbonyl (C=O) groups excluding carboxylic acids is 1. The third-order valence-electron chi connectivity index (χ3n) is 7.42. The SMILES string of the molecule is C[C@H]1CN(S(=O)(=O)NC2CCN(Cc3ccccc3)CC2)CC[C@H]1NC(=O)c1cc(C2CC2)on1. The highest BCUT2D eigenvalue weighted by atomic mass is 32.2. The number of likely N-dealkylation sites (tertiary alicyclic amines) is 1. The summed E-state index contributed by atoms with van der Waals surface area (Å²) in [6.45, 7) is 5.37. The van der Waals surface area contributed by atoms with Crippen molar-refractivity contribution in [2.24, 2.45) is 5.92 Å². The third-order valence-corrected chi connectivity index (χ3v) is 9.06. The maximum Gasteiger partial charge on any atom is 0.279 e. The zero-order valence-corrected chi connectivity index (χ0v) is 21.0. The molecule has 5 rings (SSSR count). The van der Waals surface area contributed by atoms with Crippen LogP contribution < -0.4 is 10.0 Å². The van der Waals surface area contributed by atoms with Gasteiger partial charge in [0.1, 0.15) is 5.76 Å². The van der Waals surface area contributed by atoms with E-state index in [2.05, 4.69) is 32.2 Å². The second kappa shape index (κ2) is 10.4. The van der Waals surface area contributed by atoms with E-state index in [4.69, 9.17) is 4.52 Å². The first-order valence-corrected chi connectivity index (χ1v) is 14.1. The summed E-state index contributed by atoms with van der Waals surface area (Å²) in [6, 6.07) is 11.9. The topological polar surface area (TPSA) is 108 Å². The molecule has 1 aromatic carbocycles. The first-order chi connectivity index (χ1) is 16.9. The van der Waals surface area contributed by atoms with E-state index in [9.17, 15) is 13.2 Å². The van der Waals surface area contributed by atoms with Gasteiger partial charge in [0.05, 0.1) is 0 Å². The Morgan fingerprint density at radius 1 is 1.09 bits per heavy atom. The summed E-state index contributed by atoms with van der Waals surface area (Å²) < 4.78 is 35.9. The van der Waals surface area contributed by atoms with E-state index in [1.165, 1.54) is 9.87 Å². The lowest BCUT2D eigenvalue weighted by Crippen LogP contribution is -2.55. The fourth-order valence-electron chi connectivity index (χ4n) is 5.07. The zero-order valence-electron chi connectivity index (χ0n) is 20.2. The average Bonchev–Trinajstić information content (AvgIpc) is 3.58. The van der Waals surface area contributed by atoms with Gasteiger partial charge in [-0.1, -0.05) is 42.4 Å². The molecule has 0 unspecified atom stereocenters. The number of hydrogen-bond acceptors (Lipinski definition) is 6. The number of piperidine rings is 2. The normalized spacial score (nSPS) is 24.9. The number of aromatic nitrogens is 1. The van der Waals surface area contributed by atoms with Gasteiger partial charge in [0.15, 0.2) is 5.69 Å². The number of nitrogens with one attached hydrogen (secondary N) is 2. The summed E-state index contributed by atoms with van der Waals surface area (Å²) in [5.74, 6) is 0.919. The standard InChI is InChI=1S/C25H35N5O4S/c1-18-16-30(14-11-22(18)26-25(31)23-15-24(34-27-23)20-7-8-20)35(32,33)28-21-9-12-29(13-10-21)17-19-5-3-2-4-6-19/h2-6,15,18,20-22,28H,7-14,16-17H2,1H3,(H,26,31)/t18-,22+/m0/s1. The number of benzene rings is 1. The van der Waals surface area contributed by atoms with Crippen LogP contribution in [-0.2, 0) is 16.8 Å². The maximum absolute atomic E-state index is 13.1. The molecule has 10 heteroatoms. The van der Waals surface area contributed by atoms with Crippen molar-refractivity contribution in [3.63, 3.8) is 0 Å². The van der Waals surface area contributed by atoms with Crippen molar-refractivity contribution < 1.29 is 17.7 Å². The monoisotopic (exact) mass is 501 g/mol. The Bertz CT molecular complexity index is 1110. The molecule has 0 radical (unpaired) electrons. The van der Waals surface area contributed by atoms with Gasteiger partial charge in [-0.25, -0.2) is 0 Å². The van der Waals surface area contributed by atoms with Gasteiger partial charge in [0, 0.05) is 56.8 Å². The van der Waals surface area contributed by atoms with Crippen molar-refractivity contribution >= 4 is 16.1 Å². The molecular weight excluding hydrogens is 466 g/mol. The molecule has 35 heavy (non-hydrogen) atoms. The number of carbonyl (C=O) groups is 1. The van der Waals surface area contributed by atoms with E-state index in [-0.39, 0.29) is 23.9 Å². The van der Waals surface area contributed by atoms with Gasteiger partial charge in [0.25, 0.3) is 16.1 Å². The fourth-order valence-corrected chi connectivity index (χ4v) is 6.66. The van der Waals surface area contributed by atoms with Gasteiger partial charge in [-0.2, -0.15) is 17.4 Å². The third kappa shape index (κ3) is 6.11. The van der Waals surface area contributed by atoms with Crippen molar-refractivity contribution in [3.8, 4) is 0 Å². The summed E-state index contributed by atoms with van der Waals surface area (Å²) in [6.07, 6.45) is 4.34. The van der Waals surface area contributed by atoms with E-state index >= 15 is 0 Å². The Labute approximate surface area is 207 Å². The Morgan fingerprint density at radius 3 is 2.51 bits per heavy atom. The summed E-state index contributed by atoms with van der Waals surface area (Å²) in [5.41, 5.74) is 1.58. The summed E-state index contributed by atoms with van der Waals surface area (Å²) in [4.78, 5) is 15.0. The fraction of sp³-hybridized carbons (Fsp3) is 0.600. The number of hydrogen-bond donors (Lipinski definition) is 2. The maximum atomic E-state index is 13.1. The quantitative estimate of drug-likeness (QED) is 0.576. The molecule has 1 aromatic heterocycles. The molecule has 2 saturated heterocycles. The second-order valence-electron chi connectivity index (χ2n) is 10.3. The second-order valence-corrected chi connectivity index (χ2v) is 12.0. The molecule has 1 amide bonds. The van der Waals surface area contributed by atoms with Crippen LogP contribution in [0.1, 0.15) is 66.8 Å². The first kappa shape index (κ1) is 24.4. The number of rotatable bonds is 8. The molecule has 190 valence electrons. The highest BCUT2D eigenvalue weighted by Crippen LogP contribution is 2.40. The van der Waals surface area contributed by atoms with Crippen molar-refractivity contribution in [3.05, 3.63) is 53.4 Å². The molecule has 3 aliphatic rings. The van der Waals surface area contributed by atoms with Gasteiger partial charge in [-0.15, -0.1) is 0 Å². The predicted molar refractivity (Wildman–Crippen MR) is 132 cm³/mol. The summed E-state index contributed by atoms with van der Waals surface area (Å²) >= 11 is 0. The molecule has 2 atom stereocenters. The van der Waals surface area contributed by atoms with Crippen LogP contribution >= 0.6 is 0 Å². The number of nitrogens with zero attached hydrogens (tertiary/aromatic N) is 3. The van der Waals surface area contributed by atoms with Crippen molar-refractivity contribution in [1.29, 1.82) is 0 Å². The van der Waals surface area contributed by atoms with Crippen molar-refractivity contribution in [1.82, 2.24) is 24.4 Å². The molecule has 2 aromatic rings. The minimum atomic E-state index is -3.57. The van der Waals surface area contributed by atoms with Crippen LogP contribution in [0.25, 0.3) is 0 Å². The Morgan fingerprint density at radius 2 is 1.83 bits per heavy atom. The van der Waals surface area contributed by atoms with Gasteiger partial charge < -0.3 is 9.84 Å². The predicted octanol–water partition coefficient (Wildman–Crippen LogP) is 2.49. The Hall–Kier alpha value is -2.27. The van der Waals surface area contributed by atoms with E-state index in [1.807, 2.05) is 25.1 Å². The largest absolute Gasteiger partial charge is 0.360 e. The highest BCUT2D eigenvalue weighted by molar-refractivity contribution is 7.87. The molecule has 1 saturated carbocycles. The van der Waals surface area contributed by atoms with E-state index in [1.54, 1.807) is 6.07 Å². The molecule has 2 aliphatic heterocycles. The highest BCUT2D eigenvalue weighted by Gasteiger charge is 2.36. The zero-order chi connectivity index (χ0) is 24.4.